The number of benzene rings is 7. The molecule has 0 radical (unpaired) electrons. The monoisotopic (exact) mass is 588 g/mol. The zero-order valence-corrected chi connectivity index (χ0v) is 24.6. The predicted molar refractivity (Wildman–Crippen MR) is 190 cm³/mol. The lowest BCUT2D eigenvalue weighted by atomic mass is 10.1. The van der Waals surface area contributed by atoms with Gasteiger partial charge in [0.15, 0.2) is 0 Å². The van der Waals surface area contributed by atoms with E-state index in [-0.39, 0.29) is 0 Å². The molecule has 4 heteroatoms. The summed E-state index contributed by atoms with van der Waals surface area (Å²) in [6, 6.07) is 51.6. The van der Waals surface area contributed by atoms with Gasteiger partial charge in [-0.1, -0.05) is 84.9 Å². The fraction of sp³-hybridized carbons (Fsp3) is 0. The summed E-state index contributed by atoms with van der Waals surface area (Å²) in [7, 11) is 0. The van der Waals surface area contributed by atoms with E-state index in [4.69, 9.17) is 8.83 Å². The van der Waals surface area contributed by atoms with Crippen LogP contribution in [0.5, 0.6) is 0 Å². The average Bonchev–Trinajstić information content (AvgIpc) is 3.85. The van der Waals surface area contributed by atoms with E-state index in [1.165, 1.54) is 21.5 Å². The van der Waals surface area contributed by atoms with Gasteiger partial charge in [-0.2, -0.15) is 0 Å². The molecular formula is C42H24N2O2. The summed E-state index contributed by atoms with van der Waals surface area (Å²) in [5, 5.41) is 9.43. The maximum Gasteiger partial charge on any atom is 0.136 e. The number of rotatable bonds is 2. The van der Waals surface area contributed by atoms with Crippen LogP contribution < -0.4 is 0 Å². The molecule has 0 aliphatic heterocycles. The van der Waals surface area contributed by atoms with E-state index < -0.39 is 0 Å². The Labute approximate surface area is 261 Å². The van der Waals surface area contributed by atoms with Crippen molar-refractivity contribution in [1.29, 1.82) is 0 Å². The first-order chi connectivity index (χ1) is 22.8. The summed E-state index contributed by atoms with van der Waals surface area (Å²) in [6.07, 6.45) is 0. The van der Waals surface area contributed by atoms with Crippen LogP contribution in [0.1, 0.15) is 0 Å². The summed E-state index contributed by atoms with van der Waals surface area (Å²) in [5.41, 5.74) is 10.5. The van der Waals surface area contributed by atoms with Gasteiger partial charge in [-0.15, -0.1) is 0 Å². The molecule has 7 aromatic carbocycles. The zero-order valence-electron chi connectivity index (χ0n) is 24.6. The Kier molecular flexibility index (Phi) is 4.55. The van der Waals surface area contributed by atoms with Gasteiger partial charge in [-0.25, -0.2) is 0 Å². The van der Waals surface area contributed by atoms with Crippen molar-refractivity contribution in [2.45, 2.75) is 0 Å². The molecule has 0 aliphatic carbocycles. The highest BCUT2D eigenvalue weighted by molar-refractivity contribution is 6.29. The molecule has 0 unspecified atom stereocenters. The second-order valence-electron chi connectivity index (χ2n) is 12.1. The van der Waals surface area contributed by atoms with Gasteiger partial charge in [0, 0.05) is 43.1 Å². The summed E-state index contributed by atoms with van der Waals surface area (Å²) < 4.78 is 17.5. The number of aromatic nitrogens is 2. The highest BCUT2D eigenvalue weighted by Gasteiger charge is 2.23. The van der Waals surface area contributed by atoms with E-state index in [0.717, 1.165) is 77.3 Å². The van der Waals surface area contributed by atoms with Gasteiger partial charge in [0.25, 0.3) is 0 Å². The first-order valence-electron chi connectivity index (χ1n) is 15.6. The summed E-state index contributed by atoms with van der Waals surface area (Å²) >= 11 is 0. The molecule has 46 heavy (non-hydrogen) atoms. The van der Waals surface area contributed by atoms with Gasteiger partial charge in [0.05, 0.1) is 33.4 Å². The second kappa shape index (κ2) is 8.68. The Bertz CT molecular complexity index is 2830. The van der Waals surface area contributed by atoms with E-state index in [1.807, 2.05) is 12.1 Å². The molecule has 0 fully saturated rings. The first-order valence-corrected chi connectivity index (χ1v) is 15.6. The highest BCUT2D eigenvalue weighted by Crippen LogP contribution is 2.44. The Morgan fingerprint density at radius 1 is 0.283 bits per heavy atom. The number of furan rings is 2. The standard InChI is InChI=1S/C42H24N2O2/c1-5-15-29-25(11-1)39-33(21-23-37-41(39)27-13-3-9-19-35(27)45-37)43(29)31-17-7-8-18-32(31)44-30-16-6-2-12-26(30)40-34(44)22-24-38-42(40)28-14-4-10-20-36(28)46-38/h1-24H. The van der Waals surface area contributed by atoms with E-state index >= 15 is 0 Å². The van der Waals surface area contributed by atoms with Gasteiger partial charge >= 0.3 is 0 Å². The normalized spacial score (nSPS) is 12.3. The lowest BCUT2D eigenvalue weighted by Gasteiger charge is -2.16. The molecule has 11 aromatic rings. The molecule has 4 nitrogen and oxygen atoms in total. The van der Waals surface area contributed by atoms with Crippen LogP contribution in [0.25, 0.3) is 98.9 Å². The van der Waals surface area contributed by atoms with Crippen molar-refractivity contribution >= 4 is 87.5 Å². The first kappa shape index (κ1) is 24.1. The Balaban J connectivity index is 1.30. The Hall–Kier alpha value is -6.26. The third kappa shape index (κ3) is 2.98. The third-order valence-corrected chi connectivity index (χ3v) is 9.72. The molecule has 0 bridgehead atoms. The number of nitrogens with zero attached hydrogens (tertiary/aromatic N) is 2. The van der Waals surface area contributed by atoms with E-state index in [1.54, 1.807) is 0 Å². The Morgan fingerprint density at radius 2 is 0.674 bits per heavy atom. The van der Waals surface area contributed by atoms with Crippen LogP contribution in [-0.2, 0) is 0 Å². The SMILES string of the molecule is c1ccc(-n2c3ccccc3c3c4c(ccc32)oc2ccccc24)c(-n2c3ccccc3c3c4c(ccc32)oc2ccccc24)c1. The molecule has 0 amide bonds. The smallest absolute Gasteiger partial charge is 0.136 e. The van der Waals surface area contributed by atoms with Crippen LogP contribution in [0.2, 0.25) is 0 Å². The van der Waals surface area contributed by atoms with Gasteiger partial charge < -0.3 is 18.0 Å². The van der Waals surface area contributed by atoms with E-state index in [2.05, 4.69) is 143 Å². The summed E-state index contributed by atoms with van der Waals surface area (Å²) in [5.74, 6) is 0. The number of hydrogen-bond donors (Lipinski definition) is 0. The molecule has 0 aliphatic rings. The molecule has 0 spiro atoms. The predicted octanol–water partition coefficient (Wildman–Crippen LogP) is 11.7. The highest BCUT2D eigenvalue weighted by atomic mass is 16.3. The maximum absolute atomic E-state index is 6.34. The molecule has 0 atom stereocenters. The summed E-state index contributed by atoms with van der Waals surface area (Å²) in [4.78, 5) is 0. The van der Waals surface area contributed by atoms with Crippen LogP contribution in [0.4, 0.5) is 0 Å². The van der Waals surface area contributed by atoms with E-state index in [9.17, 15) is 0 Å². The summed E-state index contributed by atoms with van der Waals surface area (Å²) in [6.45, 7) is 0. The number of hydrogen-bond acceptors (Lipinski definition) is 2. The fourth-order valence-electron chi connectivity index (χ4n) is 7.91. The lowest BCUT2D eigenvalue weighted by molar-refractivity contribution is 0.669. The topological polar surface area (TPSA) is 36.1 Å². The second-order valence-corrected chi connectivity index (χ2v) is 12.1. The number of fused-ring (bicyclic) bond motifs is 14. The minimum absolute atomic E-state index is 0.906. The van der Waals surface area contributed by atoms with Gasteiger partial charge in [-0.05, 0) is 60.7 Å². The minimum atomic E-state index is 0.906. The Morgan fingerprint density at radius 3 is 1.15 bits per heavy atom. The molecule has 4 heterocycles. The number of para-hydroxylation sites is 6. The van der Waals surface area contributed by atoms with Gasteiger partial charge in [0.2, 0.25) is 0 Å². The molecule has 0 saturated heterocycles. The van der Waals surface area contributed by atoms with Gasteiger partial charge in [0.1, 0.15) is 22.3 Å². The lowest BCUT2D eigenvalue weighted by Crippen LogP contribution is -2.03. The van der Waals surface area contributed by atoms with Crippen molar-refractivity contribution in [3.05, 3.63) is 146 Å². The molecule has 0 N–H and O–H groups in total. The van der Waals surface area contributed by atoms with Crippen molar-refractivity contribution in [1.82, 2.24) is 9.13 Å². The average molecular weight is 589 g/mol. The zero-order chi connectivity index (χ0) is 29.9. The quantitative estimate of drug-likeness (QED) is 0.201. The van der Waals surface area contributed by atoms with Crippen LogP contribution in [0.3, 0.4) is 0 Å². The van der Waals surface area contributed by atoms with Crippen LogP contribution in [0, 0.1) is 0 Å². The molecule has 214 valence electrons. The van der Waals surface area contributed by atoms with Crippen molar-refractivity contribution in [3.63, 3.8) is 0 Å². The van der Waals surface area contributed by atoms with Crippen LogP contribution in [-0.4, -0.2) is 9.13 Å². The van der Waals surface area contributed by atoms with Crippen molar-refractivity contribution < 1.29 is 8.83 Å². The molecule has 11 rings (SSSR count). The fourth-order valence-corrected chi connectivity index (χ4v) is 7.91. The van der Waals surface area contributed by atoms with E-state index in [0.29, 0.717) is 0 Å². The van der Waals surface area contributed by atoms with Gasteiger partial charge in [-0.3, -0.25) is 0 Å². The van der Waals surface area contributed by atoms with Crippen LogP contribution >= 0.6 is 0 Å². The van der Waals surface area contributed by atoms with Crippen molar-refractivity contribution in [2.75, 3.05) is 0 Å². The largest absolute Gasteiger partial charge is 0.456 e. The molecular weight excluding hydrogens is 564 g/mol. The maximum atomic E-state index is 6.34. The minimum Gasteiger partial charge on any atom is -0.456 e. The molecule has 0 saturated carbocycles. The van der Waals surface area contributed by atoms with Crippen molar-refractivity contribution in [2.24, 2.45) is 0 Å². The molecule has 4 aromatic heterocycles. The van der Waals surface area contributed by atoms with Crippen molar-refractivity contribution in [3.8, 4) is 11.4 Å². The third-order valence-electron chi connectivity index (χ3n) is 9.72. The van der Waals surface area contributed by atoms with Crippen LogP contribution in [0.15, 0.2) is 154 Å².